The van der Waals surface area contributed by atoms with E-state index in [0.29, 0.717) is 13.0 Å². The maximum absolute atomic E-state index is 9.55. The van der Waals surface area contributed by atoms with Gasteiger partial charge in [-0.25, -0.2) is 4.98 Å². The normalized spacial score (nSPS) is 12.2. The minimum Gasteiger partial charge on any atom is -0.389 e. The average Bonchev–Trinajstić information content (AvgIpc) is 2.29. The maximum Gasteiger partial charge on any atom is 0.129 e. The van der Waals surface area contributed by atoms with E-state index in [0.717, 1.165) is 11.4 Å². The Kier molecular flexibility index (Phi) is 4.92. The summed E-state index contributed by atoms with van der Waals surface area (Å²) >= 11 is 0. The highest BCUT2D eigenvalue weighted by atomic mass is 16.3. The van der Waals surface area contributed by atoms with Crippen molar-refractivity contribution in [1.29, 1.82) is 5.26 Å². The van der Waals surface area contributed by atoms with Crippen molar-refractivity contribution in [3.8, 4) is 6.07 Å². The van der Waals surface area contributed by atoms with E-state index >= 15 is 0 Å². The summed E-state index contributed by atoms with van der Waals surface area (Å²) in [6.07, 6.45) is 1.67. The van der Waals surface area contributed by atoms with Crippen LogP contribution < -0.4 is 4.90 Å². The molecule has 1 aromatic heterocycles. The van der Waals surface area contributed by atoms with Gasteiger partial charge in [0.2, 0.25) is 0 Å². The maximum atomic E-state index is 9.55. The van der Waals surface area contributed by atoms with Gasteiger partial charge in [-0.2, -0.15) is 5.26 Å². The van der Waals surface area contributed by atoms with Crippen molar-refractivity contribution >= 4 is 5.82 Å². The molecule has 0 aromatic carbocycles. The number of nitrogens with zero attached hydrogens (tertiary/aromatic N) is 3. The molecule has 1 N–H and O–H groups in total. The molecular formula is C13H19N3O. The van der Waals surface area contributed by atoms with Crippen LogP contribution in [0.3, 0.4) is 0 Å². The van der Waals surface area contributed by atoms with Crippen LogP contribution in [0, 0.1) is 11.3 Å². The Labute approximate surface area is 103 Å². The van der Waals surface area contributed by atoms with Gasteiger partial charge in [0.15, 0.2) is 0 Å². The van der Waals surface area contributed by atoms with E-state index in [1.54, 1.807) is 19.2 Å². The van der Waals surface area contributed by atoms with Gasteiger partial charge in [-0.1, -0.05) is 0 Å². The molecular weight excluding hydrogens is 214 g/mol. The molecule has 1 heterocycles. The minimum absolute atomic E-state index is 0.278. The fourth-order valence-corrected chi connectivity index (χ4v) is 1.66. The predicted molar refractivity (Wildman–Crippen MR) is 67.6 cm³/mol. The highest BCUT2D eigenvalue weighted by Crippen LogP contribution is 2.19. The predicted octanol–water partition coefficient (Wildman–Crippen LogP) is 2.26. The quantitative estimate of drug-likeness (QED) is 0.847. The second-order valence-electron chi connectivity index (χ2n) is 4.32. The molecule has 0 bridgehead atoms. The van der Waals surface area contributed by atoms with Crippen molar-refractivity contribution in [3.05, 3.63) is 23.9 Å². The van der Waals surface area contributed by atoms with E-state index in [2.05, 4.69) is 29.8 Å². The third-order valence-electron chi connectivity index (χ3n) is 2.63. The highest BCUT2D eigenvalue weighted by molar-refractivity contribution is 5.42. The Hall–Kier alpha value is -1.60. The lowest BCUT2D eigenvalue weighted by Gasteiger charge is -2.27. The van der Waals surface area contributed by atoms with Crippen LogP contribution >= 0.6 is 0 Å². The molecule has 1 atom stereocenters. The molecule has 0 amide bonds. The molecule has 0 spiro atoms. The Balaban J connectivity index is 2.94. The van der Waals surface area contributed by atoms with Crippen molar-refractivity contribution in [1.82, 2.24) is 4.98 Å². The molecule has 0 aliphatic heterocycles. The van der Waals surface area contributed by atoms with Gasteiger partial charge in [0, 0.05) is 18.8 Å². The van der Waals surface area contributed by atoms with Crippen LogP contribution in [0.15, 0.2) is 18.3 Å². The van der Waals surface area contributed by atoms with Crippen LogP contribution in [0.4, 0.5) is 5.82 Å². The van der Waals surface area contributed by atoms with Crippen molar-refractivity contribution in [3.63, 3.8) is 0 Å². The molecule has 4 nitrogen and oxygen atoms in total. The minimum atomic E-state index is -0.498. The summed E-state index contributed by atoms with van der Waals surface area (Å²) in [5.41, 5.74) is 0.845. The summed E-state index contributed by atoms with van der Waals surface area (Å²) in [5, 5.41) is 18.2. The third-order valence-corrected chi connectivity index (χ3v) is 2.63. The summed E-state index contributed by atoms with van der Waals surface area (Å²) in [5.74, 6) is 0.814. The fourth-order valence-electron chi connectivity index (χ4n) is 1.66. The number of aliphatic hydroxyl groups excluding tert-OH is 1. The van der Waals surface area contributed by atoms with Crippen LogP contribution in [0.2, 0.25) is 0 Å². The third kappa shape index (κ3) is 3.72. The SMILES string of the molecule is CC(O)c1ccnc(N(CCC#N)C(C)C)c1. The molecule has 4 heteroatoms. The highest BCUT2D eigenvalue weighted by Gasteiger charge is 2.12. The lowest BCUT2D eigenvalue weighted by atomic mass is 10.1. The van der Waals surface area contributed by atoms with Crippen molar-refractivity contribution < 1.29 is 5.11 Å². The van der Waals surface area contributed by atoms with Crippen LogP contribution in [0.25, 0.3) is 0 Å². The van der Waals surface area contributed by atoms with Gasteiger partial charge in [0.25, 0.3) is 0 Å². The van der Waals surface area contributed by atoms with E-state index in [4.69, 9.17) is 5.26 Å². The van der Waals surface area contributed by atoms with Gasteiger partial charge in [0.1, 0.15) is 5.82 Å². The summed E-state index contributed by atoms with van der Waals surface area (Å²) in [6.45, 7) is 6.51. The molecule has 0 aliphatic rings. The Morgan fingerprint density at radius 1 is 1.47 bits per heavy atom. The van der Waals surface area contributed by atoms with Gasteiger partial charge >= 0.3 is 0 Å². The topological polar surface area (TPSA) is 60.2 Å². The number of hydrogen-bond acceptors (Lipinski definition) is 4. The summed E-state index contributed by atoms with van der Waals surface area (Å²) in [7, 11) is 0. The largest absolute Gasteiger partial charge is 0.389 e. The Morgan fingerprint density at radius 3 is 2.71 bits per heavy atom. The number of pyridine rings is 1. The standard InChI is InChI=1S/C13H19N3O/c1-10(2)16(8-4-6-14)13-9-12(11(3)17)5-7-15-13/h5,7,9-11,17H,4,8H2,1-3H3. The van der Waals surface area contributed by atoms with E-state index in [9.17, 15) is 5.11 Å². The zero-order valence-electron chi connectivity index (χ0n) is 10.6. The zero-order chi connectivity index (χ0) is 12.8. The van der Waals surface area contributed by atoms with Gasteiger partial charge in [0.05, 0.1) is 18.6 Å². The summed E-state index contributed by atoms with van der Waals surface area (Å²) in [4.78, 5) is 6.37. The molecule has 0 radical (unpaired) electrons. The van der Waals surface area contributed by atoms with Crippen LogP contribution in [-0.2, 0) is 0 Å². The molecule has 0 fully saturated rings. The number of hydrogen-bond donors (Lipinski definition) is 1. The molecule has 1 aromatic rings. The van der Waals surface area contributed by atoms with Gasteiger partial charge in [-0.05, 0) is 38.5 Å². The average molecular weight is 233 g/mol. The molecule has 0 saturated heterocycles. The monoisotopic (exact) mass is 233 g/mol. The number of nitriles is 1. The lowest BCUT2D eigenvalue weighted by Crippen LogP contribution is -2.32. The number of aromatic nitrogens is 1. The van der Waals surface area contributed by atoms with Crippen LogP contribution in [-0.4, -0.2) is 22.7 Å². The molecule has 92 valence electrons. The number of aliphatic hydroxyl groups is 1. The summed E-state index contributed by atoms with van der Waals surface area (Å²) < 4.78 is 0. The number of anilines is 1. The molecule has 1 unspecified atom stereocenters. The van der Waals surface area contributed by atoms with E-state index in [1.165, 1.54) is 0 Å². The van der Waals surface area contributed by atoms with Crippen LogP contribution in [0.1, 0.15) is 38.9 Å². The zero-order valence-corrected chi connectivity index (χ0v) is 10.6. The first-order chi connectivity index (χ1) is 8.06. The van der Waals surface area contributed by atoms with E-state index in [1.807, 2.05) is 6.07 Å². The molecule has 0 saturated carbocycles. The fraction of sp³-hybridized carbons (Fsp3) is 0.538. The smallest absolute Gasteiger partial charge is 0.129 e. The second-order valence-corrected chi connectivity index (χ2v) is 4.32. The van der Waals surface area contributed by atoms with E-state index in [-0.39, 0.29) is 6.04 Å². The molecule has 0 aliphatic carbocycles. The first kappa shape index (κ1) is 13.5. The van der Waals surface area contributed by atoms with Crippen molar-refractivity contribution in [2.75, 3.05) is 11.4 Å². The van der Waals surface area contributed by atoms with Gasteiger partial charge in [-0.15, -0.1) is 0 Å². The lowest BCUT2D eigenvalue weighted by molar-refractivity contribution is 0.199. The first-order valence-corrected chi connectivity index (χ1v) is 5.84. The summed E-state index contributed by atoms with van der Waals surface area (Å²) in [6, 6.07) is 6.10. The number of rotatable bonds is 5. The van der Waals surface area contributed by atoms with Gasteiger partial charge in [-0.3, -0.25) is 0 Å². The molecule has 1 rings (SSSR count). The Bertz CT molecular complexity index is 396. The molecule has 17 heavy (non-hydrogen) atoms. The van der Waals surface area contributed by atoms with Crippen LogP contribution in [0.5, 0.6) is 0 Å². The van der Waals surface area contributed by atoms with Crippen molar-refractivity contribution in [2.24, 2.45) is 0 Å². The first-order valence-electron chi connectivity index (χ1n) is 5.84. The second kappa shape index (κ2) is 6.21. The van der Waals surface area contributed by atoms with Crippen molar-refractivity contribution in [2.45, 2.75) is 39.3 Å². The van der Waals surface area contributed by atoms with Gasteiger partial charge < -0.3 is 10.0 Å². The van der Waals surface area contributed by atoms with E-state index < -0.39 is 6.10 Å². The Morgan fingerprint density at radius 2 is 2.18 bits per heavy atom.